The fraction of sp³-hybridized carbons (Fsp3) is 0.500. The standard InChI is InChI=1S/C16H23BrN4O3.HI/c1-16(2,3)21-13(22)8-20-15(18-4)19-7-10-5-11(17)14-12(6-10)23-9-24-14;/h5-6H,7-9H2,1-4H3,(H,21,22)(H2,18,19,20);1H. The molecule has 0 fully saturated rings. The van der Waals surface area contributed by atoms with Crippen LogP contribution >= 0.6 is 39.9 Å². The molecule has 0 radical (unpaired) electrons. The van der Waals surface area contributed by atoms with E-state index in [-0.39, 0.29) is 48.8 Å². The van der Waals surface area contributed by atoms with E-state index in [1.807, 2.05) is 32.9 Å². The molecule has 1 aromatic carbocycles. The van der Waals surface area contributed by atoms with Gasteiger partial charge < -0.3 is 25.4 Å². The highest BCUT2D eigenvalue weighted by Gasteiger charge is 2.18. The number of hydrogen-bond donors (Lipinski definition) is 3. The summed E-state index contributed by atoms with van der Waals surface area (Å²) < 4.78 is 11.6. The second-order valence-electron chi connectivity index (χ2n) is 6.39. The van der Waals surface area contributed by atoms with Crippen LogP contribution in [0.2, 0.25) is 0 Å². The molecule has 3 N–H and O–H groups in total. The number of halogens is 2. The van der Waals surface area contributed by atoms with Gasteiger partial charge in [-0.3, -0.25) is 9.79 Å². The Bertz CT molecular complexity index is 647. The maximum Gasteiger partial charge on any atom is 0.239 e. The van der Waals surface area contributed by atoms with Gasteiger partial charge in [0, 0.05) is 19.1 Å². The number of carbonyl (C=O) groups excluding carboxylic acids is 1. The van der Waals surface area contributed by atoms with E-state index in [0.29, 0.717) is 18.3 Å². The predicted molar refractivity (Wildman–Crippen MR) is 112 cm³/mol. The normalized spacial score (nSPS) is 13.1. The maximum atomic E-state index is 11.8. The zero-order valence-corrected chi connectivity index (χ0v) is 18.7. The van der Waals surface area contributed by atoms with Crippen molar-refractivity contribution >= 4 is 51.8 Å². The molecule has 0 bridgehead atoms. The number of benzene rings is 1. The second kappa shape index (κ2) is 9.46. The van der Waals surface area contributed by atoms with Crippen LogP contribution in [0.25, 0.3) is 0 Å². The van der Waals surface area contributed by atoms with E-state index in [4.69, 9.17) is 9.47 Å². The zero-order valence-electron chi connectivity index (χ0n) is 14.7. The molecule has 0 aliphatic carbocycles. The molecule has 1 aromatic rings. The summed E-state index contributed by atoms with van der Waals surface area (Å²) in [6.07, 6.45) is 0. The Morgan fingerprint density at radius 1 is 1.28 bits per heavy atom. The van der Waals surface area contributed by atoms with Crippen LogP contribution in [0, 0.1) is 0 Å². The monoisotopic (exact) mass is 526 g/mol. The van der Waals surface area contributed by atoms with Crippen LogP contribution in [0.1, 0.15) is 26.3 Å². The maximum absolute atomic E-state index is 11.8. The van der Waals surface area contributed by atoms with Gasteiger partial charge >= 0.3 is 0 Å². The van der Waals surface area contributed by atoms with Crippen LogP contribution in [0.4, 0.5) is 0 Å². The van der Waals surface area contributed by atoms with Gasteiger partial charge in [0.1, 0.15) is 0 Å². The minimum Gasteiger partial charge on any atom is -0.454 e. The molecule has 1 aliphatic heterocycles. The predicted octanol–water partition coefficient (Wildman–Crippen LogP) is 2.38. The molecule has 7 nitrogen and oxygen atoms in total. The fourth-order valence-corrected chi connectivity index (χ4v) is 2.76. The first kappa shape index (κ1) is 21.8. The number of fused-ring (bicyclic) bond motifs is 1. The minimum absolute atomic E-state index is 0. The first-order chi connectivity index (χ1) is 11.3. The molecule has 9 heteroatoms. The van der Waals surface area contributed by atoms with Crippen LogP contribution < -0.4 is 25.4 Å². The summed E-state index contributed by atoms with van der Waals surface area (Å²) in [5.74, 6) is 1.90. The van der Waals surface area contributed by atoms with Crippen molar-refractivity contribution < 1.29 is 14.3 Å². The quantitative estimate of drug-likeness (QED) is 0.319. The van der Waals surface area contributed by atoms with Gasteiger partial charge in [0.2, 0.25) is 12.7 Å². The van der Waals surface area contributed by atoms with Crippen LogP contribution in [-0.2, 0) is 11.3 Å². The Hall–Kier alpha value is -1.23. The summed E-state index contributed by atoms with van der Waals surface area (Å²) in [5.41, 5.74) is 0.752. The van der Waals surface area contributed by atoms with Gasteiger partial charge in [0.15, 0.2) is 17.5 Å². The van der Waals surface area contributed by atoms with E-state index in [0.717, 1.165) is 15.8 Å². The van der Waals surface area contributed by atoms with Gasteiger partial charge in [-0.25, -0.2) is 0 Å². The zero-order chi connectivity index (χ0) is 17.7. The smallest absolute Gasteiger partial charge is 0.239 e. The molecule has 0 atom stereocenters. The lowest BCUT2D eigenvalue weighted by molar-refractivity contribution is -0.121. The number of hydrogen-bond acceptors (Lipinski definition) is 4. The molecule has 0 unspecified atom stereocenters. The van der Waals surface area contributed by atoms with Crippen LogP contribution in [-0.4, -0.2) is 37.8 Å². The van der Waals surface area contributed by atoms with Crippen molar-refractivity contribution in [1.29, 1.82) is 0 Å². The van der Waals surface area contributed by atoms with E-state index in [9.17, 15) is 4.79 Å². The number of rotatable bonds is 4. The van der Waals surface area contributed by atoms with Crippen LogP contribution in [0.15, 0.2) is 21.6 Å². The Morgan fingerprint density at radius 3 is 2.64 bits per heavy atom. The van der Waals surface area contributed by atoms with Crippen molar-refractivity contribution in [3.63, 3.8) is 0 Å². The molecule has 1 aliphatic rings. The Balaban J connectivity index is 0.00000312. The minimum atomic E-state index is -0.255. The van der Waals surface area contributed by atoms with Crippen LogP contribution in [0.3, 0.4) is 0 Å². The molecule has 0 spiro atoms. The van der Waals surface area contributed by atoms with Crippen molar-refractivity contribution in [2.24, 2.45) is 4.99 Å². The van der Waals surface area contributed by atoms with Gasteiger partial charge in [-0.1, -0.05) is 0 Å². The van der Waals surface area contributed by atoms with Crippen molar-refractivity contribution in [3.8, 4) is 11.5 Å². The van der Waals surface area contributed by atoms with Gasteiger partial charge in [-0.15, -0.1) is 24.0 Å². The number of ether oxygens (including phenoxy) is 2. The summed E-state index contributed by atoms with van der Waals surface area (Å²) in [4.78, 5) is 15.9. The summed E-state index contributed by atoms with van der Waals surface area (Å²) in [6.45, 7) is 6.74. The van der Waals surface area contributed by atoms with Crippen molar-refractivity contribution in [3.05, 3.63) is 22.2 Å². The SMILES string of the molecule is CN=C(NCC(=O)NC(C)(C)C)NCc1cc(Br)c2c(c1)OCO2.I. The van der Waals surface area contributed by atoms with Gasteiger partial charge in [0.25, 0.3) is 0 Å². The molecular formula is C16H24BrIN4O3. The van der Waals surface area contributed by atoms with E-state index in [2.05, 4.69) is 36.9 Å². The van der Waals surface area contributed by atoms with Crippen molar-refractivity contribution in [1.82, 2.24) is 16.0 Å². The molecule has 0 saturated carbocycles. The van der Waals surface area contributed by atoms with E-state index < -0.39 is 0 Å². The molecular weight excluding hydrogens is 503 g/mol. The average molecular weight is 527 g/mol. The molecule has 25 heavy (non-hydrogen) atoms. The summed E-state index contributed by atoms with van der Waals surface area (Å²) in [7, 11) is 1.66. The highest BCUT2D eigenvalue weighted by atomic mass is 127. The first-order valence-corrected chi connectivity index (χ1v) is 8.41. The molecule has 0 aromatic heterocycles. The highest BCUT2D eigenvalue weighted by Crippen LogP contribution is 2.39. The molecule has 0 saturated heterocycles. The van der Waals surface area contributed by atoms with Crippen LogP contribution in [0.5, 0.6) is 11.5 Å². The molecule has 140 valence electrons. The largest absolute Gasteiger partial charge is 0.454 e. The molecule has 2 rings (SSSR count). The summed E-state index contributed by atoms with van der Waals surface area (Å²) in [5, 5.41) is 9.04. The number of guanidine groups is 1. The van der Waals surface area contributed by atoms with E-state index in [1.165, 1.54) is 0 Å². The molecule has 1 amide bonds. The third kappa shape index (κ3) is 6.89. The third-order valence-corrected chi connectivity index (χ3v) is 3.69. The number of carbonyl (C=O) groups is 1. The first-order valence-electron chi connectivity index (χ1n) is 7.62. The lowest BCUT2D eigenvalue weighted by atomic mass is 10.1. The number of aliphatic imine (C=N–C) groups is 1. The number of amides is 1. The Labute approximate surface area is 173 Å². The van der Waals surface area contributed by atoms with E-state index >= 15 is 0 Å². The number of nitrogens with zero attached hydrogens (tertiary/aromatic N) is 1. The van der Waals surface area contributed by atoms with Crippen molar-refractivity contribution in [2.45, 2.75) is 32.9 Å². The fourth-order valence-electron chi connectivity index (χ4n) is 2.16. The third-order valence-electron chi connectivity index (χ3n) is 3.10. The number of nitrogens with one attached hydrogen (secondary N) is 3. The lowest BCUT2D eigenvalue weighted by Gasteiger charge is -2.21. The topological polar surface area (TPSA) is 84.0 Å². The Kier molecular flexibility index (Phi) is 8.26. The highest BCUT2D eigenvalue weighted by molar-refractivity contribution is 14.0. The van der Waals surface area contributed by atoms with Gasteiger partial charge in [-0.2, -0.15) is 0 Å². The second-order valence-corrected chi connectivity index (χ2v) is 7.24. The average Bonchev–Trinajstić information content (AvgIpc) is 2.94. The van der Waals surface area contributed by atoms with Gasteiger partial charge in [-0.05, 0) is 54.4 Å². The summed E-state index contributed by atoms with van der Waals surface area (Å²) >= 11 is 3.47. The summed E-state index contributed by atoms with van der Waals surface area (Å²) in [6, 6.07) is 3.87. The molecule has 1 heterocycles. The Morgan fingerprint density at radius 2 is 2.00 bits per heavy atom. The van der Waals surface area contributed by atoms with Crippen molar-refractivity contribution in [2.75, 3.05) is 20.4 Å². The van der Waals surface area contributed by atoms with E-state index in [1.54, 1.807) is 7.05 Å². The van der Waals surface area contributed by atoms with Gasteiger partial charge in [0.05, 0.1) is 11.0 Å². The lowest BCUT2D eigenvalue weighted by Crippen LogP contribution is -2.48.